The van der Waals surface area contributed by atoms with E-state index in [4.69, 9.17) is 14.8 Å². The van der Waals surface area contributed by atoms with Gasteiger partial charge in [-0.2, -0.15) is 0 Å². The van der Waals surface area contributed by atoms with E-state index in [1.165, 1.54) is 0 Å². The Bertz CT molecular complexity index is 1010. The highest BCUT2D eigenvalue weighted by Crippen LogP contribution is 2.62. The molecule has 3 N–H and O–H groups in total. The van der Waals surface area contributed by atoms with Gasteiger partial charge in [0.05, 0.1) is 18.1 Å². The van der Waals surface area contributed by atoms with Gasteiger partial charge in [0.15, 0.2) is 5.96 Å². The van der Waals surface area contributed by atoms with Gasteiger partial charge in [-0.25, -0.2) is 14.9 Å². The average Bonchev–Trinajstić information content (AvgIpc) is 3.23. The number of nitrogens with zero attached hydrogens (tertiary/aromatic N) is 2. The van der Waals surface area contributed by atoms with Gasteiger partial charge in [0, 0.05) is 12.8 Å². The van der Waals surface area contributed by atoms with E-state index >= 15 is 0 Å². The Balaban J connectivity index is 1.58. The van der Waals surface area contributed by atoms with Crippen LogP contribution in [0, 0.1) is 30.0 Å². The third kappa shape index (κ3) is 6.77. The molecule has 1 aromatic rings. The van der Waals surface area contributed by atoms with E-state index in [1.807, 2.05) is 19.2 Å². The monoisotopic (exact) mass is 513 g/mol. The SMILES string of the molecule is CCC=NC(CC(c1ccc(C)c(F)c1)C1(C)CC1C)NC(=NC1CCCC1)NC(=O)C1CNOC1C. The highest BCUT2D eigenvalue weighted by Gasteiger charge is 2.53. The van der Waals surface area contributed by atoms with Gasteiger partial charge in [-0.1, -0.05) is 45.7 Å². The molecule has 3 fully saturated rings. The molecule has 1 heterocycles. The largest absolute Gasteiger partial charge is 0.334 e. The normalized spacial score (nSPS) is 30.0. The number of amides is 1. The Labute approximate surface area is 221 Å². The zero-order valence-corrected chi connectivity index (χ0v) is 23.0. The summed E-state index contributed by atoms with van der Waals surface area (Å²) in [5.41, 5.74) is 4.57. The van der Waals surface area contributed by atoms with Crippen LogP contribution in [0.1, 0.15) is 89.7 Å². The smallest absolute Gasteiger partial charge is 0.233 e. The number of nitrogens with one attached hydrogen (secondary N) is 3. The minimum Gasteiger partial charge on any atom is -0.334 e. The van der Waals surface area contributed by atoms with Crippen molar-refractivity contribution in [3.8, 4) is 0 Å². The Hall–Kier alpha value is -2.32. The molecular weight excluding hydrogens is 469 g/mol. The standard InChI is InChI=1S/C29H44FN5O2/c1-6-13-31-26(15-24(29(5)16-19(29)3)21-12-11-18(2)25(30)14-21)34-28(33-22-9-7-8-10-22)35-27(36)23-17-32-37-20(23)4/h11-14,19-20,22-24,26,32H,6-10,15-17H2,1-5H3,(H2,33,34,35,36). The fourth-order valence-electron chi connectivity index (χ4n) is 5.82. The van der Waals surface area contributed by atoms with E-state index in [2.05, 4.69) is 43.0 Å². The predicted molar refractivity (Wildman–Crippen MR) is 146 cm³/mol. The van der Waals surface area contributed by atoms with E-state index in [1.54, 1.807) is 13.0 Å². The number of halogens is 1. The van der Waals surface area contributed by atoms with Crippen LogP contribution in [0.15, 0.2) is 28.2 Å². The van der Waals surface area contributed by atoms with Crippen LogP contribution >= 0.6 is 0 Å². The number of carbonyl (C=O) groups excluding carboxylic acids is 1. The molecule has 0 aromatic heterocycles. The van der Waals surface area contributed by atoms with Gasteiger partial charge >= 0.3 is 0 Å². The summed E-state index contributed by atoms with van der Waals surface area (Å²) in [6.45, 7) is 10.8. The van der Waals surface area contributed by atoms with Crippen molar-refractivity contribution < 1.29 is 14.0 Å². The van der Waals surface area contributed by atoms with Crippen LogP contribution in [-0.2, 0) is 9.63 Å². The number of hydrogen-bond acceptors (Lipinski definition) is 5. The summed E-state index contributed by atoms with van der Waals surface area (Å²) in [6, 6.07) is 5.82. The highest BCUT2D eigenvalue weighted by atomic mass is 19.1. The molecule has 3 aliphatic rings. The van der Waals surface area contributed by atoms with Crippen LogP contribution in [0.4, 0.5) is 4.39 Å². The van der Waals surface area contributed by atoms with E-state index in [0.29, 0.717) is 30.4 Å². The maximum absolute atomic E-state index is 14.6. The first-order valence-electron chi connectivity index (χ1n) is 14.0. The molecule has 0 radical (unpaired) electrons. The van der Waals surface area contributed by atoms with E-state index in [0.717, 1.165) is 44.1 Å². The Morgan fingerprint density at radius 3 is 2.65 bits per heavy atom. The molecule has 1 aromatic carbocycles. The molecule has 7 nitrogen and oxygen atoms in total. The molecule has 0 spiro atoms. The fraction of sp³-hybridized carbons (Fsp3) is 0.690. The van der Waals surface area contributed by atoms with Crippen LogP contribution in [0.3, 0.4) is 0 Å². The van der Waals surface area contributed by atoms with Crippen molar-refractivity contribution in [2.45, 2.75) is 104 Å². The predicted octanol–water partition coefficient (Wildman–Crippen LogP) is 5.00. The number of carbonyl (C=O) groups is 1. The lowest BCUT2D eigenvalue weighted by atomic mass is 9.79. The van der Waals surface area contributed by atoms with Gasteiger partial charge in [0.1, 0.15) is 12.0 Å². The molecule has 1 amide bonds. The average molecular weight is 514 g/mol. The van der Waals surface area contributed by atoms with Crippen LogP contribution < -0.4 is 16.1 Å². The van der Waals surface area contributed by atoms with Crippen molar-refractivity contribution in [2.24, 2.45) is 27.2 Å². The summed E-state index contributed by atoms with van der Waals surface area (Å²) >= 11 is 0. The van der Waals surface area contributed by atoms with Crippen molar-refractivity contribution in [1.82, 2.24) is 16.1 Å². The summed E-state index contributed by atoms with van der Waals surface area (Å²) in [7, 11) is 0. The lowest BCUT2D eigenvalue weighted by molar-refractivity contribution is -0.124. The summed E-state index contributed by atoms with van der Waals surface area (Å²) in [5.74, 6) is 0.596. The quantitative estimate of drug-likeness (QED) is 0.320. The second kappa shape index (κ2) is 12.0. The molecule has 2 aliphatic carbocycles. The zero-order valence-electron chi connectivity index (χ0n) is 23.0. The number of guanidine groups is 1. The van der Waals surface area contributed by atoms with Gasteiger partial charge in [-0.3, -0.25) is 19.9 Å². The van der Waals surface area contributed by atoms with Crippen molar-refractivity contribution in [3.63, 3.8) is 0 Å². The lowest BCUT2D eigenvalue weighted by Gasteiger charge is -2.30. The van der Waals surface area contributed by atoms with Crippen molar-refractivity contribution in [2.75, 3.05) is 6.54 Å². The van der Waals surface area contributed by atoms with E-state index in [9.17, 15) is 9.18 Å². The topological polar surface area (TPSA) is 87.1 Å². The van der Waals surface area contributed by atoms with Crippen LogP contribution in [0.25, 0.3) is 0 Å². The van der Waals surface area contributed by atoms with Gasteiger partial charge in [-0.15, -0.1) is 0 Å². The van der Waals surface area contributed by atoms with Crippen molar-refractivity contribution in [3.05, 3.63) is 35.1 Å². The number of aliphatic imine (C=N–C) groups is 2. The molecule has 6 unspecified atom stereocenters. The summed E-state index contributed by atoms with van der Waals surface area (Å²) in [6.07, 6.45) is 8.35. The van der Waals surface area contributed by atoms with Crippen molar-refractivity contribution in [1.29, 1.82) is 0 Å². The fourth-order valence-corrected chi connectivity index (χ4v) is 5.82. The van der Waals surface area contributed by atoms with Crippen LogP contribution in [0.2, 0.25) is 0 Å². The third-order valence-electron chi connectivity index (χ3n) is 8.69. The Morgan fingerprint density at radius 2 is 2.05 bits per heavy atom. The molecule has 1 saturated heterocycles. The summed E-state index contributed by atoms with van der Waals surface area (Å²) in [5, 5.41) is 6.55. The number of benzene rings is 1. The molecule has 8 heteroatoms. The van der Waals surface area contributed by atoms with Gasteiger partial charge in [-0.05, 0) is 80.4 Å². The number of rotatable bonds is 9. The first-order valence-corrected chi connectivity index (χ1v) is 14.0. The number of aryl methyl sites for hydroxylation is 1. The summed E-state index contributed by atoms with van der Waals surface area (Å²) in [4.78, 5) is 28.3. The van der Waals surface area contributed by atoms with Gasteiger partial charge in [0.2, 0.25) is 5.91 Å². The molecule has 0 bridgehead atoms. The molecule has 37 heavy (non-hydrogen) atoms. The first-order chi connectivity index (χ1) is 17.7. The maximum Gasteiger partial charge on any atom is 0.233 e. The molecule has 4 rings (SSSR count). The molecular formula is C29H44FN5O2. The lowest BCUT2D eigenvalue weighted by Crippen LogP contribution is -2.49. The third-order valence-corrected chi connectivity index (χ3v) is 8.69. The molecule has 1 aliphatic heterocycles. The van der Waals surface area contributed by atoms with Gasteiger partial charge in [0.25, 0.3) is 0 Å². The molecule has 2 saturated carbocycles. The molecule has 6 atom stereocenters. The minimum absolute atomic E-state index is 0.0810. The molecule has 204 valence electrons. The number of hydroxylamine groups is 1. The zero-order chi connectivity index (χ0) is 26.6. The second-order valence-electron chi connectivity index (χ2n) is 11.5. The number of hydrogen-bond donors (Lipinski definition) is 3. The Kier molecular flexibility index (Phi) is 9.01. The maximum atomic E-state index is 14.6. The van der Waals surface area contributed by atoms with E-state index in [-0.39, 0.29) is 47.3 Å². The van der Waals surface area contributed by atoms with Crippen LogP contribution in [0.5, 0.6) is 0 Å². The summed E-state index contributed by atoms with van der Waals surface area (Å²) < 4.78 is 14.6. The minimum atomic E-state index is -0.297. The van der Waals surface area contributed by atoms with Gasteiger partial charge < -0.3 is 5.32 Å². The van der Waals surface area contributed by atoms with E-state index < -0.39 is 0 Å². The second-order valence-corrected chi connectivity index (χ2v) is 11.5. The Morgan fingerprint density at radius 1 is 1.32 bits per heavy atom. The highest BCUT2D eigenvalue weighted by molar-refractivity contribution is 5.98. The first kappa shape index (κ1) is 27.7. The van der Waals surface area contributed by atoms with Crippen LogP contribution in [-0.4, -0.2) is 42.9 Å². The van der Waals surface area contributed by atoms with Crippen molar-refractivity contribution >= 4 is 18.1 Å².